The molecule has 0 aliphatic heterocycles. The van der Waals surface area contributed by atoms with Crippen molar-refractivity contribution in [1.29, 1.82) is 0 Å². The Kier molecular flexibility index (Phi) is 3.40. The van der Waals surface area contributed by atoms with Crippen LogP contribution in [0.5, 0.6) is 5.75 Å². The number of nitrogens with zero attached hydrogens (tertiary/aromatic N) is 1. The van der Waals surface area contributed by atoms with Crippen LogP contribution in [0.3, 0.4) is 0 Å². The van der Waals surface area contributed by atoms with E-state index in [4.69, 9.17) is 4.74 Å². The lowest BCUT2D eigenvalue weighted by Crippen LogP contribution is -2.22. The van der Waals surface area contributed by atoms with Crippen molar-refractivity contribution < 1.29 is 9.53 Å². The molecule has 5 heteroatoms. The first-order valence-corrected chi connectivity index (χ1v) is 5.19. The second-order valence-corrected chi connectivity index (χ2v) is 3.49. The molecule has 1 amide bonds. The number of aromatic nitrogens is 2. The first kappa shape index (κ1) is 11.2. The number of hydrogen-bond acceptors (Lipinski definition) is 3. The van der Waals surface area contributed by atoms with E-state index in [1.165, 1.54) is 0 Å². The molecule has 0 bridgehead atoms. The standard InChI is InChI=1S/C12H13N3O2/c1-17-11-4-2-9(3-5-11)12(16)14-7-10-6-13-8-15-10/h2-6,8H,7H2,1H3,(H,13,15)(H,14,16). The van der Waals surface area contributed by atoms with Gasteiger partial charge in [0.1, 0.15) is 5.75 Å². The van der Waals surface area contributed by atoms with E-state index in [2.05, 4.69) is 15.3 Å². The van der Waals surface area contributed by atoms with Gasteiger partial charge in [-0.3, -0.25) is 4.79 Å². The third-order valence-corrected chi connectivity index (χ3v) is 2.35. The summed E-state index contributed by atoms with van der Waals surface area (Å²) < 4.78 is 5.02. The topological polar surface area (TPSA) is 67.0 Å². The fourth-order valence-electron chi connectivity index (χ4n) is 1.40. The molecular formula is C12H13N3O2. The average Bonchev–Trinajstić information content (AvgIpc) is 2.89. The average molecular weight is 231 g/mol. The molecule has 0 unspecified atom stereocenters. The number of carbonyl (C=O) groups is 1. The number of H-pyrrole nitrogens is 1. The van der Waals surface area contributed by atoms with Crippen molar-refractivity contribution >= 4 is 5.91 Å². The van der Waals surface area contributed by atoms with Crippen LogP contribution in [-0.4, -0.2) is 23.0 Å². The molecule has 17 heavy (non-hydrogen) atoms. The van der Waals surface area contributed by atoms with Gasteiger partial charge in [0.15, 0.2) is 0 Å². The highest BCUT2D eigenvalue weighted by molar-refractivity contribution is 5.94. The Labute approximate surface area is 98.8 Å². The molecule has 5 nitrogen and oxygen atoms in total. The number of rotatable bonds is 4. The first-order chi connectivity index (χ1) is 8.29. The van der Waals surface area contributed by atoms with E-state index in [0.29, 0.717) is 12.1 Å². The molecule has 0 atom stereocenters. The number of amides is 1. The molecule has 1 aromatic heterocycles. The number of carbonyl (C=O) groups excluding carboxylic acids is 1. The monoisotopic (exact) mass is 231 g/mol. The summed E-state index contributed by atoms with van der Waals surface area (Å²) in [5.41, 5.74) is 1.47. The van der Waals surface area contributed by atoms with Crippen LogP contribution in [0.2, 0.25) is 0 Å². The van der Waals surface area contributed by atoms with Crippen molar-refractivity contribution in [2.75, 3.05) is 7.11 Å². The summed E-state index contributed by atoms with van der Waals surface area (Å²) in [5.74, 6) is 0.609. The molecule has 0 radical (unpaired) electrons. The van der Waals surface area contributed by atoms with Gasteiger partial charge >= 0.3 is 0 Å². The molecule has 88 valence electrons. The smallest absolute Gasteiger partial charge is 0.251 e. The van der Waals surface area contributed by atoms with E-state index < -0.39 is 0 Å². The van der Waals surface area contributed by atoms with E-state index in [1.807, 2.05) is 0 Å². The van der Waals surface area contributed by atoms with Gasteiger partial charge in [0.05, 0.1) is 25.7 Å². The van der Waals surface area contributed by atoms with Gasteiger partial charge < -0.3 is 15.0 Å². The number of hydrogen-bond donors (Lipinski definition) is 2. The maximum absolute atomic E-state index is 11.8. The van der Waals surface area contributed by atoms with Gasteiger partial charge in [0.25, 0.3) is 5.91 Å². The van der Waals surface area contributed by atoms with Crippen LogP contribution in [0.1, 0.15) is 16.1 Å². The van der Waals surface area contributed by atoms with Crippen LogP contribution in [-0.2, 0) is 6.54 Å². The number of ether oxygens (including phenoxy) is 1. The molecule has 2 rings (SSSR count). The van der Waals surface area contributed by atoms with Crippen molar-refractivity contribution in [3.8, 4) is 5.75 Å². The summed E-state index contributed by atoms with van der Waals surface area (Å²) in [6.45, 7) is 0.435. The third-order valence-electron chi connectivity index (χ3n) is 2.35. The number of nitrogens with one attached hydrogen (secondary N) is 2. The Morgan fingerprint density at radius 1 is 1.41 bits per heavy atom. The summed E-state index contributed by atoms with van der Waals surface area (Å²) >= 11 is 0. The zero-order valence-electron chi connectivity index (χ0n) is 9.43. The van der Waals surface area contributed by atoms with E-state index in [9.17, 15) is 4.79 Å². The Bertz CT molecular complexity index is 477. The minimum atomic E-state index is -0.123. The van der Waals surface area contributed by atoms with Crippen molar-refractivity contribution in [3.63, 3.8) is 0 Å². The van der Waals surface area contributed by atoms with Crippen LogP contribution in [0.25, 0.3) is 0 Å². The van der Waals surface area contributed by atoms with Crippen LogP contribution in [0.15, 0.2) is 36.8 Å². The maximum atomic E-state index is 11.8. The summed E-state index contributed by atoms with van der Waals surface area (Å²) in [7, 11) is 1.59. The van der Waals surface area contributed by atoms with Gasteiger partial charge in [-0.25, -0.2) is 4.98 Å². The minimum Gasteiger partial charge on any atom is -0.497 e. The lowest BCUT2D eigenvalue weighted by molar-refractivity contribution is 0.0950. The van der Waals surface area contributed by atoms with Crippen molar-refractivity contribution in [1.82, 2.24) is 15.3 Å². The molecule has 0 spiro atoms. The van der Waals surface area contributed by atoms with Crippen LogP contribution >= 0.6 is 0 Å². The summed E-state index contributed by atoms with van der Waals surface area (Å²) in [6, 6.07) is 6.96. The zero-order chi connectivity index (χ0) is 12.1. The maximum Gasteiger partial charge on any atom is 0.251 e. The molecule has 2 aromatic rings. The Morgan fingerprint density at radius 3 is 2.76 bits per heavy atom. The molecule has 1 aromatic carbocycles. The number of aromatic amines is 1. The molecule has 0 aliphatic carbocycles. The Balaban J connectivity index is 1.95. The molecule has 0 fully saturated rings. The van der Waals surface area contributed by atoms with E-state index in [-0.39, 0.29) is 5.91 Å². The quantitative estimate of drug-likeness (QED) is 0.834. The van der Waals surface area contributed by atoms with E-state index in [1.54, 1.807) is 43.9 Å². The van der Waals surface area contributed by atoms with Crippen molar-refractivity contribution in [2.24, 2.45) is 0 Å². The van der Waals surface area contributed by atoms with E-state index in [0.717, 1.165) is 11.4 Å². The van der Waals surface area contributed by atoms with Crippen LogP contribution in [0.4, 0.5) is 0 Å². The predicted molar refractivity (Wildman–Crippen MR) is 62.8 cm³/mol. The number of methoxy groups -OCH3 is 1. The fourth-order valence-corrected chi connectivity index (χ4v) is 1.40. The molecule has 0 saturated heterocycles. The van der Waals surface area contributed by atoms with E-state index >= 15 is 0 Å². The molecule has 2 N–H and O–H groups in total. The second kappa shape index (κ2) is 5.16. The largest absolute Gasteiger partial charge is 0.497 e. The fraction of sp³-hybridized carbons (Fsp3) is 0.167. The lowest BCUT2D eigenvalue weighted by atomic mass is 10.2. The zero-order valence-corrected chi connectivity index (χ0v) is 9.43. The van der Waals surface area contributed by atoms with Crippen LogP contribution < -0.4 is 10.1 Å². The first-order valence-electron chi connectivity index (χ1n) is 5.19. The van der Waals surface area contributed by atoms with Crippen LogP contribution in [0, 0.1) is 0 Å². The van der Waals surface area contributed by atoms with Gasteiger partial charge in [-0.2, -0.15) is 0 Å². The summed E-state index contributed by atoms with van der Waals surface area (Å²) in [6.07, 6.45) is 3.25. The normalized spacial score (nSPS) is 9.94. The van der Waals surface area contributed by atoms with Crippen molar-refractivity contribution in [3.05, 3.63) is 48.0 Å². The molecular weight excluding hydrogens is 218 g/mol. The highest BCUT2D eigenvalue weighted by Gasteiger charge is 2.05. The Morgan fingerprint density at radius 2 is 2.18 bits per heavy atom. The Hall–Kier alpha value is -2.30. The van der Waals surface area contributed by atoms with Gasteiger partial charge in [-0.15, -0.1) is 0 Å². The predicted octanol–water partition coefficient (Wildman–Crippen LogP) is 1.35. The lowest BCUT2D eigenvalue weighted by Gasteiger charge is -2.04. The second-order valence-electron chi connectivity index (χ2n) is 3.49. The minimum absolute atomic E-state index is 0.123. The summed E-state index contributed by atoms with van der Waals surface area (Å²) in [5, 5.41) is 2.79. The van der Waals surface area contributed by atoms with Gasteiger partial charge in [-0.05, 0) is 24.3 Å². The SMILES string of the molecule is COc1ccc(C(=O)NCc2cnc[nH]2)cc1. The van der Waals surface area contributed by atoms with Crippen molar-refractivity contribution in [2.45, 2.75) is 6.54 Å². The highest BCUT2D eigenvalue weighted by atomic mass is 16.5. The van der Waals surface area contributed by atoms with Gasteiger partial charge in [-0.1, -0.05) is 0 Å². The summed E-state index contributed by atoms with van der Waals surface area (Å²) in [4.78, 5) is 18.5. The van der Waals surface area contributed by atoms with Gasteiger partial charge in [0.2, 0.25) is 0 Å². The molecule has 0 saturated carbocycles. The van der Waals surface area contributed by atoms with Gasteiger partial charge in [0, 0.05) is 11.8 Å². The third kappa shape index (κ3) is 2.84. The molecule has 0 aliphatic rings. The molecule has 1 heterocycles. The number of imidazole rings is 1. The highest BCUT2D eigenvalue weighted by Crippen LogP contribution is 2.11. The number of benzene rings is 1.